The van der Waals surface area contributed by atoms with Gasteiger partial charge in [0.05, 0.1) is 10.1 Å². The van der Waals surface area contributed by atoms with Crippen LogP contribution >= 0.6 is 23.5 Å². The zero-order chi connectivity index (χ0) is 19.3. The van der Waals surface area contributed by atoms with E-state index in [2.05, 4.69) is 5.32 Å². The van der Waals surface area contributed by atoms with Crippen molar-refractivity contribution in [3.63, 3.8) is 0 Å². The molecule has 1 aliphatic rings. The Morgan fingerprint density at radius 3 is 2.48 bits per heavy atom. The van der Waals surface area contributed by atoms with Crippen molar-refractivity contribution in [1.29, 1.82) is 0 Å². The van der Waals surface area contributed by atoms with Crippen molar-refractivity contribution in [2.75, 3.05) is 23.4 Å². The number of amides is 1. The van der Waals surface area contributed by atoms with Gasteiger partial charge in [0.25, 0.3) is 5.91 Å². The molecule has 0 bridgehead atoms. The second-order valence-corrected chi connectivity index (χ2v) is 8.64. The maximum Gasteiger partial charge on any atom is 0.416 e. The van der Waals surface area contributed by atoms with E-state index in [4.69, 9.17) is 4.74 Å². The number of rotatable bonds is 5. The highest BCUT2D eigenvalue weighted by molar-refractivity contribution is 8.16. The van der Waals surface area contributed by atoms with Crippen molar-refractivity contribution < 1.29 is 22.7 Å². The predicted octanol–water partition coefficient (Wildman–Crippen LogP) is 5.59. The summed E-state index contributed by atoms with van der Waals surface area (Å²) >= 11 is 3.84. The van der Waals surface area contributed by atoms with Crippen molar-refractivity contribution in [2.24, 2.45) is 0 Å². The Hall–Kier alpha value is -1.80. The largest absolute Gasteiger partial charge is 0.484 e. The number of hydrogen-bond donors (Lipinski definition) is 1. The second-order valence-electron chi connectivity index (χ2n) is 5.91. The highest BCUT2D eigenvalue weighted by atomic mass is 32.2. The first kappa shape index (κ1) is 19.9. The van der Waals surface area contributed by atoms with Gasteiger partial charge >= 0.3 is 6.18 Å². The first-order valence-electron chi connectivity index (χ1n) is 8.35. The van der Waals surface area contributed by atoms with Crippen LogP contribution in [0.3, 0.4) is 0 Å². The average Bonchev–Trinajstić information content (AvgIpc) is 2.67. The van der Waals surface area contributed by atoms with E-state index in [1.165, 1.54) is 24.1 Å². The van der Waals surface area contributed by atoms with E-state index in [-0.39, 0.29) is 12.3 Å². The van der Waals surface area contributed by atoms with Crippen molar-refractivity contribution in [3.8, 4) is 5.75 Å². The molecule has 3 rings (SSSR count). The number of carbonyl (C=O) groups excluding carboxylic acids is 1. The van der Waals surface area contributed by atoms with Crippen LogP contribution in [-0.4, -0.2) is 24.0 Å². The van der Waals surface area contributed by atoms with Crippen LogP contribution in [0.25, 0.3) is 0 Å². The summed E-state index contributed by atoms with van der Waals surface area (Å²) in [6, 6.07) is 12.1. The summed E-state index contributed by atoms with van der Waals surface area (Å²) in [4.78, 5) is 11.9. The van der Waals surface area contributed by atoms with Crippen LogP contribution in [0.5, 0.6) is 5.75 Å². The Bertz CT molecular complexity index is 775. The number of hydrogen-bond acceptors (Lipinski definition) is 4. The van der Waals surface area contributed by atoms with Crippen LogP contribution in [0.1, 0.15) is 22.1 Å². The van der Waals surface area contributed by atoms with Crippen LogP contribution in [0.4, 0.5) is 18.9 Å². The zero-order valence-corrected chi connectivity index (χ0v) is 15.9. The lowest BCUT2D eigenvalue weighted by atomic mass is 10.2. The van der Waals surface area contributed by atoms with Gasteiger partial charge < -0.3 is 10.1 Å². The van der Waals surface area contributed by atoms with Crippen molar-refractivity contribution in [2.45, 2.75) is 17.2 Å². The minimum absolute atomic E-state index is 0.0834. The first-order chi connectivity index (χ1) is 12.9. The standard InChI is InChI=1S/C19H18F3NO2S2/c20-19(21,22)14-3-1-4-15(11-14)23-17(24)12-25-16-7-5-13(6-8-16)18-26-9-2-10-27-18/h1,3-8,11,18H,2,9-10,12H2,(H,23,24). The fourth-order valence-electron chi connectivity index (χ4n) is 2.52. The van der Waals surface area contributed by atoms with Gasteiger partial charge in [0.1, 0.15) is 5.75 Å². The van der Waals surface area contributed by atoms with E-state index < -0.39 is 17.6 Å². The van der Waals surface area contributed by atoms with E-state index in [1.807, 2.05) is 47.8 Å². The summed E-state index contributed by atoms with van der Waals surface area (Å²) in [5, 5.41) is 2.42. The molecule has 0 aromatic heterocycles. The van der Waals surface area contributed by atoms with E-state index in [0.29, 0.717) is 10.3 Å². The van der Waals surface area contributed by atoms with Crippen molar-refractivity contribution >= 4 is 35.1 Å². The molecule has 0 unspecified atom stereocenters. The van der Waals surface area contributed by atoms with Crippen LogP contribution in [-0.2, 0) is 11.0 Å². The summed E-state index contributed by atoms with van der Waals surface area (Å²) in [5.74, 6) is 2.35. The van der Waals surface area contributed by atoms with E-state index in [9.17, 15) is 18.0 Å². The first-order valence-corrected chi connectivity index (χ1v) is 10.4. The van der Waals surface area contributed by atoms with Gasteiger partial charge in [-0.15, -0.1) is 23.5 Å². The molecule has 1 N–H and O–H groups in total. The number of anilines is 1. The molecular formula is C19H18F3NO2S2. The summed E-state index contributed by atoms with van der Waals surface area (Å²) in [5.41, 5.74) is 0.487. The van der Waals surface area contributed by atoms with Gasteiger partial charge in [-0.3, -0.25) is 4.79 Å². The Morgan fingerprint density at radius 1 is 1.11 bits per heavy atom. The third-order valence-corrected chi connectivity index (χ3v) is 6.84. The quantitative estimate of drug-likeness (QED) is 0.693. The average molecular weight is 413 g/mol. The molecule has 0 atom stereocenters. The smallest absolute Gasteiger partial charge is 0.416 e. The molecule has 0 spiro atoms. The molecule has 0 radical (unpaired) electrons. The number of ether oxygens (including phenoxy) is 1. The highest BCUT2D eigenvalue weighted by Gasteiger charge is 2.30. The summed E-state index contributed by atoms with van der Waals surface area (Å²) in [6.07, 6.45) is -3.22. The lowest BCUT2D eigenvalue weighted by molar-refractivity contribution is -0.137. The van der Waals surface area contributed by atoms with Crippen molar-refractivity contribution in [1.82, 2.24) is 0 Å². The monoisotopic (exact) mass is 413 g/mol. The molecule has 1 amide bonds. The number of thioether (sulfide) groups is 2. The van der Waals surface area contributed by atoms with Gasteiger partial charge in [-0.05, 0) is 53.8 Å². The summed E-state index contributed by atoms with van der Waals surface area (Å²) < 4.78 is 44.0. The lowest BCUT2D eigenvalue weighted by Crippen LogP contribution is -2.20. The molecule has 1 aliphatic heterocycles. The van der Waals surface area contributed by atoms with Gasteiger partial charge in [-0.25, -0.2) is 0 Å². The minimum atomic E-state index is -4.45. The topological polar surface area (TPSA) is 38.3 Å². The molecule has 1 saturated heterocycles. The Kier molecular flexibility index (Phi) is 6.59. The van der Waals surface area contributed by atoms with Crippen LogP contribution in [0.15, 0.2) is 48.5 Å². The fourth-order valence-corrected chi connectivity index (χ4v) is 5.41. The van der Waals surface area contributed by atoms with Gasteiger partial charge in [-0.1, -0.05) is 18.2 Å². The van der Waals surface area contributed by atoms with Crippen molar-refractivity contribution in [3.05, 3.63) is 59.7 Å². The number of alkyl halides is 3. The number of benzene rings is 2. The predicted molar refractivity (Wildman–Crippen MR) is 104 cm³/mol. The van der Waals surface area contributed by atoms with Gasteiger partial charge in [-0.2, -0.15) is 13.2 Å². The zero-order valence-electron chi connectivity index (χ0n) is 14.3. The Morgan fingerprint density at radius 2 is 1.81 bits per heavy atom. The number of carbonyl (C=O) groups is 1. The molecule has 27 heavy (non-hydrogen) atoms. The molecule has 0 saturated carbocycles. The molecule has 2 aromatic carbocycles. The maximum absolute atomic E-state index is 12.7. The number of nitrogens with one attached hydrogen (secondary N) is 1. The maximum atomic E-state index is 12.7. The molecule has 0 aliphatic carbocycles. The molecule has 2 aromatic rings. The van der Waals surface area contributed by atoms with Crippen LogP contribution < -0.4 is 10.1 Å². The SMILES string of the molecule is O=C(COc1ccc(C2SCCCS2)cc1)Nc1cccc(C(F)(F)F)c1. The summed E-state index contributed by atoms with van der Waals surface area (Å²) in [7, 11) is 0. The van der Waals surface area contributed by atoms with Crippen LogP contribution in [0.2, 0.25) is 0 Å². The number of halogens is 3. The molecule has 3 nitrogen and oxygen atoms in total. The molecule has 1 fully saturated rings. The Labute approximate surface area is 164 Å². The minimum Gasteiger partial charge on any atom is -0.484 e. The molecular weight excluding hydrogens is 395 g/mol. The highest BCUT2D eigenvalue weighted by Crippen LogP contribution is 2.43. The Balaban J connectivity index is 1.52. The fraction of sp³-hybridized carbons (Fsp3) is 0.316. The van der Waals surface area contributed by atoms with Gasteiger partial charge in [0.15, 0.2) is 6.61 Å². The third-order valence-electron chi connectivity index (χ3n) is 3.82. The lowest BCUT2D eigenvalue weighted by Gasteiger charge is -2.21. The van der Waals surface area contributed by atoms with E-state index in [1.54, 1.807) is 0 Å². The summed E-state index contributed by atoms with van der Waals surface area (Å²) in [6.45, 7) is -0.275. The van der Waals surface area contributed by atoms with Gasteiger partial charge in [0, 0.05) is 5.69 Å². The van der Waals surface area contributed by atoms with E-state index in [0.717, 1.165) is 23.6 Å². The molecule has 8 heteroatoms. The normalized spacial score (nSPS) is 15.4. The molecule has 1 heterocycles. The van der Waals surface area contributed by atoms with Gasteiger partial charge in [0.2, 0.25) is 0 Å². The van der Waals surface area contributed by atoms with E-state index >= 15 is 0 Å². The second kappa shape index (κ2) is 8.93. The van der Waals surface area contributed by atoms with Crippen LogP contribution in [0, 0.1) is 0 Å². The molecule has 144 valence electrons. The third kappa shape index (κ3) is 5.84.